The molecular formula is C20H24N4O2S. The second-order valence-corrected chi connectivity index (χ2v) is 8.95. The van der Waals surface area contributed by atoms with Crippen molar-refractivity contribution < 1.29 is 9.53 Å². The Morgan fingerprint density at radius 3 is 2.85 bits per heavy atom. The summed E-state index contributed by atoms with van der Waals surface area (Å²) in [4.78, 5) is 17.1. The Bertz CT molecular complexity index is 901. The third-order valence-corrected chi connectivity index (χ3v) is 7.32. The number of fused-ring (bicyclic) bond motifs is 5. The van der Waals surface area contributed by atoms with E-state index in [2.05, 4.69) is 36.3 Å². The zero-order valence-corrected chi connectivity index (χ0v) is 16.9. The summed E-state index contributed by atoms with van der Waals surface area (Å²) in [6.45, 7) is 6.90. The molecule has 2 atom stereocenters. The fraction of sp³-hybridized carbons (Fsp3) is 0.500. The van der Waals surface area contributed by atoms with E-state index in [-0.39, 0.29) is 22.5 Å². The minimum Gasteiger partial charge on any atom is -0.495 e. The maximum absolute atomic E-state index is 12.3. The van der Waals surface area contributed by atoms with Gasteiger partial charge in [-0.15, -0.1) is 5.10 Å². The maximum atomic E-state index is 12.3. The average molecular weight is 385 g/mol. The van der Waals surface area contributed by atoms with Crippen LogP contribution in [0, 0.1) is 5.41 Å². The normalized spacial score (nSPS) is 24.5. The molecule has 4 rings (SSSR count). The second kappa shape index (κ2) is 6.48. The number of amides is 1. The van der Waals surface area contributed by atoms with Gasteiger partial charge in [-0.05, 0) is 30.4 Å². The highest BCUT2D eigenvalue weighted by Gasteiger charge is 2.61. The first-order valence-corrected chi connectivity index (χ1v) is 10.2. The molecule has 2 aliphatic rings. The van der Waals surface area contributed by atoms with Crippen LogP contribution < -0.4 is 10.1 Å². The number of anilines is 1. The molecule has 0 saturated heterocycles. The van der Waals surface area contributed by atoms with Gasteiger partial charge in [0.2, 0.25) is 11.1 Å². The van der Waals surface area contributed by atoms with E-state index in [1.54, 1.807) is 7.11 Å². The lowest BCUT2D eigenvalue weighted by Crippen LogP contribution is -2.32. The molecule has 142 valence electrons. The maximum Gasteiger partial charge on any atom is 0.234 e. The molecule has 2 aliphatic carbocycles. The van der Waals surface area contributed by atoms with Crippen molar-refractivity contribution in [2.45, 2.75) is 50.1 Å². The number of carbonyl (C=O) groups is 1. The van der Waals surface area contributed by atoms with Crippen LogP contribution in [-0.2, 0) is 10.2 Å². The van der Waals surface area contributed by atoms with Crippen molar-refractivity contribution in [2.24, 2.45) is 5.41 Å². The van der Waals surface area contributed by atoms with Gasteiger partial charge in [0.25, 0.3) is 0 Å². The van der Waals surface area contributed by atoms with Crippen LogP contribution in [0.15, 0.2) is 29.4 Å². The number of aromatic nitrogens is 3. The number of nitrogens with zero attached hydrogens (tertiary/aromatic N) is 3. The third kappa shape index (κ3) is 2.79. The lowest BCUT2D eigenvalue weighted by molar-refractivity contribution is -0.113. The minimum atomic E-state index is -0.123. The second-order valence-electron chi connectivity index (χ2n) is 8.01. The summed E-state index contributed by atoms with van der Waals surface area (Å²) < 4.78 is 5.26. The molecule has 7 heteroatoms. The molecule has 27 heavy (non-hydrogen) atoms. The Morgan fingerprint density at radius 2 is 2.07 bits per heavy atom. The fourth-order valence-corrected chi connectivity index (χ4v) is 5.07. The smallest absolute Gasteiger partial charge is 0.234 e. The van der Waals surface area contributed by atoms with Gasteiger partial charge in [-0.1, -0.05) is 44.7 Å². The predicted octanol–water partition coefficient (Wildman–Crippen LogP) is 3.79. The number of hydrogen-bond donors (Lipinski definition) is 1. The SMILES string of the molecule is COc1ccccc1NC(=O)CSc1nnc2c(n1)[C@@]1(C)CC[C@@H]2C1(C)C. The van der Waals surface area contributed by atoms with Crippen molar-refractivity contribution in [3.05, 3.63) is 35.7 Å². The summed E-state index contributed by atoms with van der Waals surface area (Å²) in [5.41, 5.74) is 2.98. The van der Waals surface area contributed by atoms with E-state index in [9.17, 15) is 4.79 Å². The van der Waals surface area contributed by atoms with E-state index < -0.39 is 0 Å². The summed E-state index contributed by atoms with van der Waals surface area (Å²) in [7, 11) is 1.58. The van der Waals surface area contributed by atoms with Crippen molar-refractivity contribution in [2.75, 3.05) is 18.2 Å². The van der Waals surface area contributed by atoms with Gasteiger partial charge in [0.05, 0.1) is 29.9 Å². The van der Waals surface area contributed by atoms with Crippen LogP contribution in [0.4, 0.5) is 5.69 Å². The molecular weight excluding hydrogens is 360 g/mol. The molecule has 1 saturated carbocycles. The van der Waals surface area contributed by atoms with Crippen molar-refractivity contribution >= 4 is 23.4 Å². The molecule has 2 bridgehead atoms. The molecule has 1 N–H and O–H groups in total. The van der Waals surface area contributed by atoms with Crippen molar-refractivity contribution in [3.8, 4) is 5.75 Å². The molecule has 0 unspecified atom stereocenters. The van der Waals surface area contributed by atoms with Crippen LogP contribution in [0.2, 0.25) is 0 Å². The number of para-hydroxylation sites is 2. The monoisotopic (exact) mass is 384 g/mol. The molecule has 6 nitrogen and oxygen atoms in total. The third-order valence-electron chi connectivity index (χ3n) is 6.49. The number of nitrogens with one attached hydrogen (secondary N) is 1. The first-order valence-electron chi connectivity index (χ1n) is 9.17. The molecule has 0 aliphatic heterocycles. The number of thioether (sulfide) groups is 1. The lowest BCUT2D eigenvalue weighted by Gasteiger charge is -2.33. The predicted molar refractivity (Wildman–Crippen MR) is 105 cm³/mol. The highest BCUT2D eigenvalue weighted by Crippen LogP contribution is 2.66. The van der Waals surface area contributed by atoms with E-state index in [0.29, 0.717) is 22.5 Å². The molecule has 1 amide bonds. The quantitative estimate of drug-likeness (QED) is 0.791. The summed E-state index contributed by atoms with van der Waals surface area (Å²) >= 11 is 1.32. The van der Waals surface area contributed by atoms with Crippen molar-refractivity contribution in [1.29, 1.82) is 0 Å². The number of rotatable bonds is 5. The van der Waals surface area contributed by atoms with Crippen LogP contribution >= 0.6 is 11.8 Å². The zero-order chi connectivity index (χ0) is 19.2. The van der Waals surface area contributed by atoms with Gasteiger partial charge in [-0.25, -0.2) is 4.98 Å². The molecule has 0 radical (unpaired) electrons. The standard InChI is InChI=1S/C20H24N4O2S/c1-19(2)12-9-10-20(19,3)17-16(12)23-24-18(22-17)27-11-15(25)21-13-7-5-6-8-14(13)26-4/h5-8,12H,9-11H2,1-4H3,(H,21,25)/t12-,20+/m0/s1. The van der Waals surface area contributed by atoms with Gasteiger partial charge < -0.3 is 10.1 Å². The van der Waals surface area contributed by atoms with Gasteiger partial charge in [-0.2, -0.15) is 5.10 Å². The van der Waals surface area contributed by atoms with Gasteiger partial charge in [-0.3, -0.25) is 4.79 Å². The molecule has 1 aromatic heterocycles. The number of methoxy groups -OCH3 is 1. The summed E-state index contributed by atoms with van der Waals surface area (Å²) in [5, 5.41) is 12.2. The zero-order valence-electron chi connectivity index (χ0n) is 16.1. The minimum absolute atomic E-state index is 0.0396. The van der Waals surface area contributed by atoms with E-state index in [4.69, 9.17) is 9.72 Å². The molecule has 1 fully saturated rings. The first-order chi connectivity index (χ1) is 12.9. The van der Waals surface area contributed by atoms with Crippen LogP contribution in [0.3, 0.4) is 0 Å². The van der Waals surface area contributed by atoms with Crippen LogP contribution in [-0.4, -0.2) is 34.0 Å². The van der Waals surface area contributed by atoms with Gasteiger partial charge >= 0.3 is 0 Å². The first kappa shape index (κ1) is 18.2. The molecule has 0 spiro atoms. The topological polar surface area (TPSA) is 77.0 Å². The van der Waals surface area contributed by atoms with Crippen molar-refractivity contribution in [3.63, 3.8) is 0 Å². The number of hydrogen-bond acceptors (Lipinski definition) is 6. The van der Waals surface area contributed by atoms with Gasteiger partial charge in [0.1, 0.15) is 5.75 Å². The molecule has 1 aromatic carbocycles. The highest BCUT2D eigenvalue weighted by molar-refractivity contribution is 7.99. The van der Waals surface area contributed by atoms with Crippen LogP contribution in [0.25, 0.3) is 0 Å². The fourth-order valence-electron chi connectivity index (χ4n) is 4.49. The van der Waals surface area contributed by atoms with E-state index in [1.165, 1.54) is 11.8 Å². The van der Waals surface area contributed by atoms with Gasteiger partial charge in [0, 0.05) is 11.3 Å². The van der Waals surface area contributed by atoms with Crippen LogP contribution in [0.5, 0.6) is 5.75 Å². The Balaban J connectivity index is 1.46. The largest absolute Gasteiger partial charge is 0.495 e. The summed E-state index contributed by atoms with van der Waals surface area (Å²) in [5.74, 6) is 1.17. The molecule has 1 heterocycles. The number of ether oxygens (including phenoxy) is 1. The Kier molecular flexibility index (Phi) is 4.37. The highest BCUT2D eigenvalue weighted by atomic mass is 32.2. The van der Waals surface area contributed by atoms with Crippen molar-refractivity contribution in [1.82, 2.24) is 15.2 Å². The Hall–Kier alpha value is -2.15. The Morgan fingerprint density at radius 1 is 1.30 bits per heavy atom. The lowest BCUT2D eigenvalue weighted by atomic mass is 9.70. The van der Waals surface area contributed by atoms with Crippen LogP contribution in [0.1, 0.15) is 50.9 Å². The summed E-state index contributed by atoms with van der Waals surface area (Å²) in [6.07, 6.45) is 2.29. The van der Waals surface area contributed by atoms with Gasteiger partial charge in [0.15, 0.2) is 0 Å². The Labute approximate surface area is 163 Å². The summed E-state index contributed by atoms with van der Waals surface area (Å²) in [6, 6.07) is 7.35. The van der Waals surface area contributed by atoms with E-state index in [0.717, 1.165) is 24.2 Å². The number of carbonyl (C=O) groups excluding carboxylic acids is 1. The van der Waals surface area contributed by atoms with E-state index >= 15 is 0 Å². The van der Waals surface area contributed by atoms with E-state index in [1.807, 2.05) is 24.3 Å². The average Bonchev–Trinajstić information content (AvgIpc) is 2.99. The molecule has 2 aromatic rings. The number of benzene rings is 1.